The van der Waals surface area contributed by atoms with Gasteiger partial charge in [-0.2, -0.15) is 4.52 Å². The number of halogens is 1. The molecule has 0 saturated carbocycles. The highest BCUT2D eigenvalue weighted by molar-refractivity contribution is 5.68. The van der Waals surface area contributed by atoms with Gasteiger partial charge in [0.15, 0.2) is 11.5 Å². The number of fused-ring (bicyclic) bond motifs is 1. The predicted octanol–water partition coefficient (Wildman–Crippen LogP) is 3.39. The topological polar surface area (TPSA) is 75.9 Å². The molecule has 9 heteroatoms. The molecule has 0 radical (unpaired) electrons. The first kappa shape index (κ1) is 19.9. The molecular formula is C23H21FN6O2. The van der Waals surface area contributed by atoms with Gasteiger partial charge in [-0.1, -0.05) is 42.5 Å². The summed E-state index contributed by atoms with van der Waals surface area (Å²) in [6.07, 6.45) is -0.316. The molecule has 3 heterocycles. The second-order valence-electron chi connectivity index (χ2n) is 7.51. The Morgan fingerprint density at radius 3 is 2.53 bits per heavy atom. The number of nitrogens with zero attached hydrogens (tertiary/aromatic N) is 6. The third-order valence-electron chi connectivity index (χ3n) is 5.40. The van der Waals surface area contributed by atoms with E-state index in [0.717, 1.165) is 11.4 Å². The largest absolute Gasteiger partial charge is 0.445 e. The first-order chi connectivity index (χ1) is 15.7. The first-order valence-electron chi connectivity index (χ1n) is 10.4. The highest BCUT2D eigenvalue weighted by Crippen LogP contribution is 2.21. The summed E-state index contributed by atoms with van der Waals surface area (Å²) in [5.74, 6) is 0.877. The van der Waals surface area contributed by atoms with Crippen LogP contribution in [0.5, 0.6) is 0 Å². The van der Waals surface area contributed by atoms with Gasteiger partial charge in [0.25, 0.3) is 0 Å². The lowest BCUT2D eigenvalue weighted by Gasteiger charge is -2.34. The van der Waals surface area contributed by atoms with Crippen LogP contribution in [0.15, 0.2) is 66.7 Å². The summed E-state index contributed by atoms with van der Waals surface area (Å²) in [4.78, 5) is 16.2. The zero-order chi connectivity index (χ0) is 21.9. The molecule has 0 N–H and O–H groups in total. The van der Waals surface area contributed by atoms with Gasteiger partial charge in [-0.25, -0.2) is 9.18 Å². The molecular weight excluding hydrogens is 411 g/mol. The third kappa shape index (κ3) is 4.09. The van der Waals surface area contributed by atoms with Crippen molar-refractivity contribution >= 4 is 17.6 Å². The quantitative estimate of drug-likeness (QED) is 0.492. The maximum Gasteiger partial charge on any atom is 0.410 e. The lowest BCUT2D eigenvalue weighted by atomic mass is 10.2. The summed E-state index contributed by atoms with van der Waals surface area (Å²) >= 11 is 0. The van der Waals surface area contributed by atoms with Crippen molar-refractivity contribution in [2.45, 2.75) is 6.61 Å². The van der Waals surface area contributed by atoms with Gasteiger partial charge in [0.1, 0.15) is 18.2 Å². The van der Waals surface area contributed by atoms with Crippen molar-refractivity contribution in [1.29, 1.82) is 0 Å². The summed E-state index contributed by atoms with van der Waals surface area (Å²) < 4.78 is 20.7. The van der Waals surface area contributed by atoms with Crippen LogP contribution in [0.4, 0.5) is 15.0 Å². The minimum Gasteiger partial charge on any atom is -0.445 e. The Hall–Kier alpha value is -4.01. The number of carbonyl (C=O) groups is 1. The molecule has 1 amide bonds. The van der Waals surface area contributed by atoms with Crippen LogP contribution in [0.3, 0.4) is 0 Å². The maximum atomic E-state index is 13.7. The summed E-state index contributed by atoms with van der Waals surface area (Å²) in [5.41, 5.74) is 2.14. The molecule has 4 aromatic rings. The average molecular weight is 432 g/mol. The van der Waals surface area contributed by atoms with E-state index >= 15 is 0 Å². The molecule has 0 unspecified atom stereocenters. The molecule has 1 aliphatic rings. The second-order valence-corrected chi connectivity index (χ2v) is 7.51. The Morgan fingerprint density at radius 2 is 1.75 bits per heavy atom. The van der Waals surface area contributed by atoms with Gasteiger partial charge in [0.05, 0.1) is 0 Å². The number of hydrogen-bond acceptors (Lipinski definition) is 6. The van der Waals surface area contributed by atoms with Crippen LogP contribution in [0.1, 0.15) is 5.56 Å². The monoisotopic (exact) mass is 432 g/mol. The standard InChI is InChI=1S/C23H21FN6O2/c24-19-8-4-7-18(15-19)22-26-25-20-9-10-21(27-30(20)22)28-11-13-29(14-12-28)23(31)32-16-17-5-2-1-3-6-17/h1-10,15H,11-14,16H2. The normalized spacial score (nSPS) is 14.0. The zero-order valence-corrected chi connectivity index (χ0v) is 17.3. The number of aromatic nitrogens is 4. The number of carbonyl (C=O) groups excluding carboxylic acids is 1. The van der Waals surface area contributed by atoms with E-state index in [1.807, 2.05) is 42.5 Å². The van der Waals surface area contributed by atoms with E-state index in [9.17, 15) is 9.18 Å². The van der Waals surface area contributed by atoms with Gasteiger partial charge in [-0.05, 0) is 29.8 Å². The number of piperazine rings is 1. The van der Waals surface area contributed by atoms with Crippen LogP contribution >= 0.6 is 0 Å². The van der Waals surface area contributed by atoms with E-state index in [0.29, 0.717) is 43.2 Å². The van der Waals surface area contributed by atoms with Crippen molar-refractivity contribution in [3.05, 3.63) is 78.1 Å². The van der Waals surface area contributed by atoms with E-state index in [-0.39, 0.29) is 18.5 Å². The number of anilines is 1. The lowest BCUT2D eigenvalue weighted by Crippen LogP contribution is -2.49. The van der Waals surface area contributed by atoms with Crippen LogP contribution in [0.25, 0.3) is 17.0 Å². The number of rotatable bonds is 4. The molecule has 0 bridgehead atoms. The molecule has 2 aromatic carbocycles. The van der Waals surface area contributed by atoms with E-state index in [1.165, 1.54) is 12.1 Å². The molecule has 162 valence electrons. The minimum atomic E-state index is -0.342. The number of amides is 1. The number of hydrogen-bond donors (Lipinski definition) is 0. The van der Waals surface area contributed by atoms with Crippen LogP contribution in [-0.2, 0) is 11.3 Å². The Kier molecular flexibility index (Phi) is 5.37. The Morgan fingerprint density at radius 1 is 0.938 bits per heavy atom. The Balaban J connectivity index is 1.26. The average Bonchev–Trinajstić information content (AvgIpc) is 3.27. The summed E-state index contributed by atoms with van der Waals surface area (Å²) in [6, 6.07) is 19.5. The van der Waals surface area contributed by atoms with Crippen LogP contribution in [0.2, 0.25) is 0 Å². The minimum absolute atomic E-state index is 0.259. The van der Waals surface area contributed by atoms with Crippen molar-refractivity contribution < 1.29 is 13.9 Å². The van der Waals surface area contributed by atoms with Gasteiger partial charge >= 0.3 is 6.09 Å². The zero-order valence-electron chi connectivity index (χ0n) is 17.3. The van der Waals surface area contributed by atoms with Gasteiger partial charge in [0.2, 0.25) is 0 Å². The predicted molar refractivity (Wildman–Crippen MR) is 117 cm³/mol. The van der Waals surface area contributed by atoms with E-state index in [1.54, 1.807) is 21.5 Å². The van der Waals surface area contributed by atoms with Crippen LogP contribution in [0, 0.1) is 5.82 Å². The fraction of sp³-hybridized carbons (Fsp3) is 0.217. The SMILES string of the molecule is O=C(OCc1ccccc1)N1CCN(c2ccc3nnc(-c4cccc(F)c4)n3n2)CC1. The molecule has 2 aromatic heterocycles. The number of ether oxygens (including phenoxy) is 1. The molecule has 0 spiro atoms. The Bertz CT molecular complexity index is 1240. The maximum absolute atomic E-state index is 13.7. The molecule has 1 fully saturated rings. The number of benzene rings is 2. The molecule has 5 rings (SSSR count). The van der Waals surface area contributed by atoms with Crippen LogP contribution in [-0.4, -0.2) is 57.0 Å². The van der Waals surface area contributed by atoms with Crippen molar-refractivity contribution in [2.75, 3.05) is 31.1 Å². The smallest absolute Gasteiger partial charge is 0.410 e. The summed E-state index contributed by atoms with van der Waals surface area (Å²) in [7, 11) is 0. The fourth-order valence-corrected chi connectivity index (χ4v) is 3.68. The molecule has 0 aliphatic carbocycles. The molecule has 0 atom stereocenters. The van der Waals surface area contributed by atoms with E-state index in [2.05, 4.69) is 20.2 Å². The van der Waals surface area contributed by atoms with Gasteiger partial charge in [-0.3, -0.25) is 0 Å². The second kappa shape index (κ2) is 8.62. The fourth-order valence-electron chi connectivity index (χ4n) is 3.68. The van der Waals surface area contributed by atoms with E-state index in [4.69, 9.17) is 4.74 Å². The molecule has 1 aliphatic heterocycles. The van der Waals surface area contributed by atoms with Gasteiger partial charge in [0, 0.05) is 31.7 Å². The lowest BCUT2D eigenvalue weighted by molar-refractivity contribution is 0.0941. The third-order valence-corrected chi connectivity index (χ3v) is 5.40. The van der Waals surface area contributed by atoms with Gasteiger partial charge in [-0.15, -0.1) is 15.3 Å². The highest BCUT2D eigenvalue weighted by Gasteiger charge is 2.23. The Labute approximate surface area is 183 Å². The van der Waals surface area contributed by atoms with E-state index < -0.39 is 0 Å². The van der Waals surface area contributed by atoms with Crippen molar-refractivity contribution in [3.63, 3.8) is 0 Å². The molecule has 32 heavy (non-hydrogen) atoms. The van der Waals surface area contributed by atoms with Crippen LogP contribution < -0.4 is 4.90 Å². The molecule has 8 nitrogen and oxygen atoms in total. The van der Waals surface area contributed by atoms with Crippen molar-refractivity contribution in [2.24, 2.45) is 0 Å². The molecule has 1 saturated heterocycles. The van der Waals surface area contributed by atoms with Gasteiger partial charge < -0.3 is 14.5 Å². The highest BCUT2D eigenvalue weighted by atomic mass is 19.1. The van der Waals surface area contributed by atoms with Crippen molar-refractivity contribution in [3.8, 4) is 11.4 Å². The summed E-state index contributed by atoms with van der Waals surface area (Å²) in [6.45, 7) is 2.57. The van der Waals surface area contributed by atoms with Crippen molar-refractivity contribution in [1.82, 2.24) is 24.7 Å². The summed E-state index contributed by atoms with van der Waals surface area (Å²) in [5, 5.41) is 13.0. The first-order valence-corrected chi connectivity index (χ1v) is 10.4.